The Kier molecular flexibility index (Phi) is 4.20. The van der Waals surface area contributed by atoms with Crippen LogP contribution in [0.1, 0.15) is 34.3 Å². The molecule has 0 saturated carbocycles. The number of rotatable bonds is 2. The zero-order valence-corrected chi connectivity index (χ0v) is 13.9. The third-order valence-electron chi connectivity index (χ3n) is 5.14. The molecule has 2 aliphatic rings. The van der Waals surface area contributed by atoms with Crippen molar-refractivity contribution in [2.24, 2.45) is 0 Å². The average molecular weight is 321 g/mol. The van der Waals surface area contributed by atoms with E-state index in [1.807, 2.05) is 35.4 Å². The fraction of sp³-hybridized carbons (Fsp3) is 0.400. The van der Waals surface area contributed by atoms with E-state index in [1.54, 1.807) is 0 Å². The molecule has 1 saturated heterocycles. The first-order valence-electron chi connectivity index (χ1n) is 8.88. The van der Waals surface area contributed by atoms with Gasteiger partial charge < -0.3 is 9.80 Å². The first kappa shape index (κ1) is 15.2. The molecule has 0 N–H and O–H groups in total. The van der Waals surface area contributed by atoms with Gasteiger partial charge in [-0.1, -0.05) is 12.1 Å². The third kappa shape index (κ3) is 3.01. The lowest BCUT2D eigenvalue weighted by atomic mass is 9.90. The van der Waals surface area contributed by atoms with Crippen LogP contribution in [-0.4, -0.2) is 42.0 Å². The van der Waals surface area contributed by atoms with Gasteiger partial charge in [0.15, 0.2) is 0 Å². The molecule has 0 bridgehead atoms. The Morgan fingerprint density at radius 1 is 0.917 bits per heavy atom. The van der Waals surface area contributed by atoms with Gasteiger partial charge in [-0.05, 0) is 61.1 Å². The van der Waals surface area contributed by atoms with Gasteiger partial charge in [-0.25, -0.2) is 4.98 Å². The van der Waals surface area contributed by atoms with Gasteiger partial charge in [0.2, 0.25) is 0 Å². The van der Waals surface area contributed by atoms with E-state index in [0.29, 0.717) is 0 Å². The van der Waals surface area contributed by atoms with Crippen molar-refractivity contribution in [3.63, 3.8) is 0 Å². The Morgan fingerprint density at radius 2 is 1.71 bits per heavy atom. The molecule has 1 aromatic carbocycles. The van der Waals surface area contributed by atoms with Crippen molar-refractivity contribution in [3.05, 3.63) is 59.3 Å². The molecule has 4 nitrogen and oxygen atoms in total. The van der Waals surface area contributed by atoms with E-state index in [2.05, 4.69) is 22.0 Å². The van der Waals surface area contributed by atoms with Crippen LogP contribution in [0.5, 0.6) is 0 Å². The largest absolute Gasteiger partial charge is 0.353 e. The number of carbonyl (C=O) groups is 1. The molecular formula is C20H23N3O. The standard InChI is InChI=1S/C20H23N3O/c24-20(18-9-8-16-5-1-2-6-17(16)15-18)23-13-11-22(12-14-23)19-7-3-4-10-21-19/h3-4,7-10,15H,1-2,5-6,11-14H2. The van der Waals surface area contributed by atoms with E-state index < -0.39 is 0 Å². The number of anilines is 1. The lowest BCUT2D eigenvalue weighted by Crippen LogP contribution is -2.49. The fourth-order valence-electron chi connectivity index (χ4n) is 3.73. The summed E-state index contributed by atoms with van der Waals surface area (Å²) in [5, 5.41) is 0. The Labute approximate surface area is 143 Å². The maximum absolute atomic E-state index is 12.8. The summed E-state index contributed by atoms with van der Waals surface area (Å²) < 4.78 is 0. The van der Waals surface area contributed by atoms with Crippen molar-refractivity contribution in [2.45, 2.75) is 25.7 Å². The van der Waals surface area contributed by atoms with Crippen LogP contribution in [0.2, 0.25) is 0 Å². The van der Waals surface area contributed by atoms with Crippen LogP contribution in [0.25, 0.3) is 0 Å². The number of aryl methyl sites for hydroxylation is 2. The summed E-state index contributed by atoms with van der Waals surface area (Å²) in [5.41, 5.74) is 3.65. The van der Waals surface area contributed by atoms with Crippen LogP contribution < -0.4 is 4.90 Å². The topological polar surface area (TPSA) is 36.4 Å². The zero-order valence-electron chi connectivity index (χ0n) is 13.9. The van der Waals surface area contributed by atoms with Crippen LogP contribution in [0.15, 0.2) is 42.6 Å². The summed E-state index contributed by atoms with van der Waals surface area (Å²) >= 11 is 0. The summed E-state index contributed by atoms with van der Waals surface area (Å²) in [6, 6.07) is 12.3. The average Bonchev–Trinajstić information content (AvgIpc) is 2.68. The first-order chi connectivity index (χ1) is 11.8. The van der Waals surface area contributed by atoms with Crippen LogP contribution >= 0.6 is 0 Å². The number of aromatic nitrogens is 1. The van der Waals surface area contributed by atoms with E-state index in [0.717, 1.165) is 50.4 Å². The predicted octanol–water partition coefficient (Wildman–Crippen LogP) is 2.92. The van der Waals surface area contributed by atoms with E-state index in [4.69, 9.17) is 0 Å². The van der Waals surface area contributed by atoms with E-state index in [9.17, 15) is 4.79 Å². The van der Waals surface area contributed by atoms with Crippen molar-refractivity contribution < 1.29 is 4.79 Å². The molecule has 2 heterocycles. The molecule has 0 atom stereocenters. The maximum atomic E-state index is 12.8. The minimum absolute atomic E-state index is 0.170. The van der Waals surface area contributed by atoms with Gasteiger partial charge >= 0.3 is 0 Å². The molecule has 1 fully saturated rings. The minimum atomic E-state index is 0.170. The number of hydrogen-bond acceptors (Lipinski definition) is 3. The molecule has 1 aliphatic heterocycles. The molecule has 24 heavy (non-hydrogen) atoms. The van der Waals surface area contributed by atoms with Gasteiger partial charge in [0.05, 0.1) is 0 Å². The Bertz CT molecular complexity index is 721. The van der Waals surface area contributed by atoms with Gasteiger partial charge in [0, 0.05) is 37.9 Å². The quantitative estimate of drug-likeness (QED) is 0.853. The number of fused-ring (bicyclic) bond motifs is 1. The predicted molar refractivity (Wildman–Crippen MR) is 95.4 cm³/mol. The Balaban J connectivity index is 1.43. The number of benzene rings is 1. The number of piperazine rings is 1. The Hall–Kier alpha value is -2.36. The molecule has 2 aromatic rings. The number of nitrogens with zero attached hydrogens (tertiary/aromatic N) is 3. The lowest BCUT2D eigenvalue weighted by molar-refractivity contribution is 0.0746. The molecule has 0 radical (unpaired) electrons. The summed E-state index contributed by atoms with van der Waals surface area (Å²) in [4.78, 5) is 21.4. The number of amides is 1. The van der Waals surface area contributed by atoms with Crippen molar-refractivity contribution in [2.75, 3.05) is 31.1 Å². The second-order valence-corrected chi connectivity index (χ2v) is 6.66. The second kappa shape index (κ2) is 6.63. The van der Waals surface area contributed by atoms with Crippen LogP contribution in [0.4, 0.5) is 5.82 Å². The first-order valence-corrected chi connectivity index (χ1v) is 8.88. The summed E-state index contributed by atoms with van der Waals surface area (Å²) in [7, 11) is 0. The van der Waals surface area contributed by atoms with Crippen LogP contribution in [0.3, 0.4) is 0 Å². The highest BCUT2D eigenvalue weighted by Gasteiger charge is 2.23. The van der Waals surface area contributed by atoms with Crippen LogP contribution in [0, 0.1) is 0 Å². The van der Waals surface area contributed by atoms with Gasteiger partial charge in [-0.2, -0.15) is 0 Å². The number of carbonyl (C=O) groups excluding carboxylic acids is 1. The number of hydrogen-bond donors (Lipinski definition) is 0. The molecule has 1 aromatic heterocycles. The third-order valence-corrected chi connectivity index (χ3v) is 5.14. The Morgan fingerprint density at radius 3 is 2.46 bits per heavy atom. The second-order valence-electron chi connectivity index (χ2n) is 6.66. The van der Waals surface area contributed by atoms with Gasteiger partial charge in [-0.15, -0.1) is 0 Å². The van der Waals surface area contributed by atoms with E-state index in [1.165, 1.54) is 24.0 Å². The number of pyridine rings is 1. The van der Waals surface area contributed by atoms with Gasteiger partial charge in [-0.3, -0.25) is 4.79 Å². The van der Waals surface area contributed by atoms with E-state index >= 15 is 0 Å². The molecule has 4 rings (SSSR count). The molecule has 0 unspecified atom stereocenters. The normalized spacial score (nSPS) is 17.5. The molecule has 0 spiro atoms. The van der Waals surface area contributed by atoms with Crippen molar-refractivity contribution in [1.82, 2.24) is 9.88 Å². The summed E-state index contributed by atoms with van der Waals surface area (Å²) in [6.07, 6.45) is 6.61. The monoisotopic (exact) mass is 321 g/mol. The van der Waals surface area contributed by atoms with Crippen LogP contribution in [-0.2, 0) is 12.8 Å². The zero-order chi connectivity index (χ0) is 16.4. The molecular weight excluding hydrogens is 298 g/mol. The minimum Gasteiger partial charge on any atom is -0.353 e. The summed E-state index contributed by atoms with van der Waals surface area (Å²) in [5.74, 6) is 1.17. The SMILES string of the molecule is O=C(c1ccc2c(c1)CCCC2)N1CCN(c2ccccn2)CC1. The smallest absolute Gasteiger partial charge is 0.253 e. The van der Waals surface area contributed by atoms with Gasteiger partial charge in [0.1, 0.15) is 5.82 Å². The summed E-state index contributed by atoms with van der Waals surface area (Å²) in [6.45, 7) is 3.19. The molecule has 1 aliphatic carbocycles. The highest BCUT2D eigenvalue weighted by atomic mass is 16.2. The molecule has 124 valence electrons. The molecule has 4 heteroatoms. The lowest BCUT2D eigenvalue weighted by Gasteiger charge is -2.35. The van der Waals surface area contributed by atoms with E-state index in [-0.39, 0.29) is 5.91 Å². The maximum Gasteiger partial charge on any atom is 0.253 e. The highest BCUT2D eigenvalue weighted by Crippen LogP contribution is 2.23. The van der Waals surface area contributed by atoms with Crippen molar-refractivity contribution in [1.29, 1.82) is 0 Å². The van der Waals surface area contributed by atoms with Gasteiger partial charge in [0.25, 0.3) is 5.91 Å². The van der Waals surface area contributed by atoms with Crippen molar-refractivity contribution >= 4 is 11.7 Å². The van der Waals surface area contributed by atoms with Crippen molar-refractivity contribution in [3.8, 4) is 0 Å². The highest BCUT2D eigenvalue weighted by molar-refractivity contribution is 5.94. The fourth-order valence-corrected chi connectivity index (χ4v) is 3.73. The molecule has 1 amide bonds.